The molecule has 7 nitrogen and oxygen atoms in total. The van der Waals surface area contributed by atoms with E-state index >= 15 is 0 Å². The molecule has 0 bridgehead atoms. The van der Waals surface area contributed by atoms with Gasteiger partial charge >= 0.3 is 6.09 Å². The normalized spacial score (nSPS) is 17.6. The van der Waals surface area contributed by atoms with Gasteiger partial charge in [0.25, 0.3) is 5.91 Å². The van der Waals surface area contributed by atoms with Gasteiger partial charge in [-0.15, -0.1) is 0 Å². The second-order valence-corrected chi connectivity index (χ2v) is 8.78. The number of carbonyl (C=O) groups is 3. The van der Waals surface area contributed by atoms with Gasteiger partial charge in [-0.2, -0.15) is 0 Å². The Balaban J connectivity index is 2.64. The molecule has 2 amide bonds. The first kappa shape index (κ1) is 19.8. The van der Waals surface area contributed by atoms with Gasteiger partial charge in [-0.25, -0.2) is 4.79 Å². The highest BCUT2D eigenvalue weighted by Gasteiger charge is 2.34. The number of thioether (sulfide) groups is 1. The smallest absolute Gasteiger partial charge is 0.339 e. The van der Waals surface area contributed by atoms with Crippen LogP contribution in [0.25, 0.3) is 0 Å². The average molecular weight is 361 g/mol. The predicted molar refractivity (Wildman–Crippen MR) is 93.3 cm³/mol. The highest BCUT2D eigenvalue weighted by molar-refractivity contribution is 8.15. The summed E-state index contributed by atoms with van der Waals surface area (Å²) >= 11 is 2.33. The van der Waals surface area contributed by atoms with Crippen molar-refractivity contribution >= 4 is 46.5 Å². The first-order chi connectivity index (χ1) is 10.6. The van der Waals surface area contributed by atoms with Crippen molar-refractivity contribution < 1.29 is 19.2 Å². The van der Waals surface area contributed by atoms with Crippen LogP contribution in [0.2, 0.25) is 0 Å². The maximum absolute atomic E-state index is 12.1. The number of nitrogens with zero attached hydrogens (tertiary/aromatic N) is 3. The minimum Gasteiger partial charge on any atom is -0.339 e. The molecule has 0 spiro atoms. The Morgan fingerprint density at radius 2 is 2.04 bits per heavy atom. The van der Waals surface area contributed by atoms with E-state index in [9.17, 15) is 14.4 Å². The van der Waals surface area contributed by atoms with E-state index < -0.39 is 10.8 Å². The Labute approximate surface area is 145 Å². The molecule has 1 rings (SSSR count). The van der Waals surface area contributed by atoms with Crippen LogP contribution in [0.15, 0.2) is 5.16 Å². The zero-order valence-electron chi connectivity index (χ0n) is 14.3. The number of hydrogen-bond acceptors (Lipinski definition) is 7. The van der Waals surface area contributed by atoms with Crippen molar-refractivity contribution in [1.82, 2.24) is 9.21 Å². The molecule has 0 atom stereocenters. The SMILES string of the molecule is CC(C)C(=O)C(C)(C)SN(C)C(=O)ON=C1SCCN(C)C1=O. The minimum absolute atomic E-state index is 0.0353. The molecule has 1 heterocycles. The van der Waals surface area contributed by atoms with E-state index in [4.69, 9.17) is 4.84 Å². The largest absolute Gasteiger partial charge is 0.445 e. The van der Waals surface area contributed by atoms with Crippen LogP contribution in [0.4, 0.5) is 4.79 Å². The zero-order valence-corrected chi connectivity index (χ0v) is 15.9. The number of hydrogen-bond donors (Lipinski definition) is 0. The van der Waals surface area contributed by atoms with E-state index in [1.165, 1.54) is 28.0 Å². The Bertz CT molecular complexity index is 520. The fourth-order valence-electron chi connectivity index (χ4n) is 1.93. The molecule has 0 aromatic rings. The van der Waals surface area contributed by atoms with Gasteiger partial charge in [0, 0.05) is 32.3 Å². The number of Topliss-reactive ketones (excluding diaryl/α,β-unsaturated/α-hetero) is 1. The molecule has 1 saturated heterocycles. The molecule has 0 aliphatic carbocycles. The number of amides is 2. The zero-order chi connectivity index (χ0) is 17.8. The van der Waals surface area contributed by atoms with Crippen LogP contribution in [-0.2, 0) is 14.4 Å². The van der Waals surface area contributed by atoms with Gasteiger partial charge in [-0.05, 0) is 25.8 Å². The quantitative estimate of drug-likeness (QED) is 0.424. The Hall–Kier alpha value is -1.22. The predicted octanol–water partition coefficient (Wildman–Crippen LogP) is 2.23. The van der Waals surface area contributed by atoms with E-state index in [0.29, 0.717) is 12.3 Å². The lowest BCUT2D eigenvalue weighted by atomic mass is 9.98. The van der Waals surface area contributed by atoms with Gasteiger partial charge < -0.3 is 4.90 Å². The first-order valence-corrected chi connectivity index (χ1v) is 8.96. The third kappa shape index (κ3) is 5.42. The molecule has 0 saturated carbocycles. The highest BCUT2D eigenvalue weighted by atomic mass is 32.2. The summed E-state index contributed by atoms with van der Waals surface area (Å²) in [4.78, 5) is 42.3. The molecule has 23 heavy (non-hydrogen) atoms. The van der Waals surface area contributed by atoms with E-state index in [1.54, 1.807) is 20.9 Å². The summed E-state index contributed by atoms with van der Waals surface area (Å²) < 4.78 is 0.455. The van der Waals surface area contributed by atoms with Crippen LogP contribution in [0, 0.1) is 5.92 Å². The summed E-state index contributed by atoms with van der Waals surface area (Å²) in [6.45, 7) is 7.78. The van der Waals surface area contributed by atoms with Crippen molar-refractivity contribution in [3.63, 3.8) is 0 Å². The Morgan fingerprint density at radius 3 is 2.61 bits per heavy atom. The molecule has 1 aliphatic rings. The van der Waals surface area contributed by atoms with Gasteiger partial charge in [0.15, 0.2) is 5.78 Å². The molecule has 0 aromatic carbocycles. The maximum Gasteiger partial charge on any atom is 0.445 e. The second-order valence-electron chi connectivity index (χ2n) is 5.95. The maximum atomic E-state index is 12.1. The topological polar surface area (TPSA) is 79.3 Å². The Kier molecular flexibility index (Phi) is 6.94. The van der Waals surface area contributed by atoms with Gasteiger partial charge in [-0.3, -0.25) is 18.7 Å². The molecule has 130 valence electrons. The lowest BCUT2D eigenvalue weighted by Gasteiger charge is -2.28. The lowest BCUT2D eigenvalue weighted by molar-refractivity contribution is -0.123. The summed E-state index contributed by atoms with van der Waals surface area (Å²) in [6.07, 6.45) is -0.728. The number of ketones is 1. The average Bonchev–Trinajstić information content (AvgIpc) is 2.46. The van der Waals surface area contributed by atoms with Crippen LogP contribution in [0.1, 0.15) is 27.7 Å². The second kappa shape index (κ2) is 8.05. The van der Waals surface area contributed by atoms with Crippen LogP contribution in [-0.4, -0.2) is 63.2 Å². The minimum atomic E-state index is -0.759. The van der Waals surface area contributed by atoms with Crippen LogP contribution in [0.3, 0.4) is 0 Å². The molecule has 9 heteroatoms. The van der Waals surface area contributed by atoms with Gasteiger partial charge in [0.2, 0.25) is 5.04 Å². The monoisotopic (exact) mass is 361 g/mol. The first-order valence-electron chi connectivity index (χ1n) is 7.20. The van der Waals surface area contributed by atoms with E-state index in [-0.39, 0.29) is 22.7 Å². The van der Waals surface area contributed by atoms with Crippen LogP contribution in [0.5, 0.6) is 0 Å². The van der Waals surface area contributed by atoms with E-state index in [1.807, 2.05) is 13.8 Å². The fourth-order valence-corrected chi connectivity index (χ4v) is 3.97. The van der Waals surface area contributed by atoms with Gasteiger partial charge in [-0.1, -0.05) is 30.8 Å². The summed E-state index contributed by atoms with van der Waals surface area (Å²) in [7, 11) is 3.17. The van der Waals surface area contributed by atoms with Gasteiger partial charge in [0.1, 0.15) is 0 Å². The summed E-state index contributed by atoms with van der Waals surface area (Å²) in [5.41, 5.74) is 0. The fraction of sp³-hybridized carbons (Fsp3) is 0.714. The van der Waals surface area contributed by atoms with Gasteiger partial charge in [0.05, 0.1) is 4.75 Å². The van der Waals surface area contributed by atoms with Crippen molar-refractivity contribution in [2.45, 2.75) is 32.4 Å². The molecule has 1 fully saturated rings. The molecule has 1 aliphatic heterocycles. The molecule has 0 aromatic heterocycles. The standard InChI is InChI=1S/C14H23N3O4S2/c1-9(2)10(18)14(3,4)23-17(6)13(20)21-15-11-12(19)16(5)7-8-22-11/h9H,7-8H2,1-6H3. The number of oxime groups is 1. The van der Waals surface area contributed by atoms with Crippen LogP contribution >= 0.6 is 23.7 Å². The molecular formula is C14H23N3O4S2. The van der Waals surface area contributed by atoms with Crippen molar-refractivity contribution in [2.75, 3.05) is 26.4 Å². The molecule has 0 N–H and O–H groups in total. The summed E-state index contributed by atoms with van der Waals surface area (Å²) in [6, 6.07) is 0. The highest BCUT2D eigenvalue weighted by Crippen LogP contribution is 2.31. The van der Waals surface area contributed by atoms with Crippen molar-refractivity contribution in [1.29, 1.82) is 0 Å². The third-order valence-electron chi connectivity index (χ3n) is 3.14. The Morgan fingerprint density at radius 1 is 1.43 bits per heavy atom. The van der Waals surface area contributed by atoms with E-state index in [0.717, 1.165) is 11.9 Å². The van der Waals surface area contributed by atoms with Crippen molar-refractivity contribution in [3.8, 4) is 0 Å². The third-order valence-corrected chi connectivity index (χ3v) is 5.13. The number of carbonyl (C=O) groups excluding carboxylic acids is 3. The van der Waals surface area contributed by atoms with Crippen LogP contribution < -0.4 is 0 Å². The van der Waals surface area contributed by atoms with Crippen molar-refractivity contribution in [3.05, 3.63) is 0 Å². The molecule has 0 unspecified atom stereocenters. The van der Waals surface area contributed by atoms with Crippen molar-refractivity contribution in [2.24, 2.45) is 11.1 Å². The number of rotatable bonds is 5. The summed E-state index contributed by atoms with van der Waals surface area (Å²) in [5.74, 6) is 0.348. The summed E-state index contributed by atoms with van der Waals surface area (Å²) in [5, 5.41) is 3.80. The molecular weight excluding hydrogens is 338 g/mol. The lowest BCUT2D eigenvalue weighted by Crippen LogP contribution is -2.39. The van der Waals surface area contributed by atoms with E-state index in [2.05, 4.69) is 5.16 Å². The molecule has 0 radical (unpaired) electrons.